The molecule has 9 nitrogen and oxygen atoms in total. The van der Waals surface area contributed by atoms with Crippen molar-refractivity contribution in [2.45, 2.75) is 13.1 Å². The van der Waals surface area contributed by atoms with Gasteiger partial charge in [0.05, 0.1) is 22.8 Å². The Balaban J connectivity index is 1.67. The smallest absolute Gasteiger partial charge is 0.416 e. The number of halogens is 3. The van der Waals surface area contributed by atoms with Gasteiger partial charge in [0, 0.05) is 28.9 Å². The van der Waals surface area contributed by atoms with E-state index in [0.29, 0.717) is 16.9 Å². The zero-order valence-electron chi connectivity index (χ0n) is 18.7. The second-order valence-electron chi connectivity index (χ2n) is 7.45. The van der Waals surface area contributed by atoms with Crippen LogP contribution in [0.2, 0.25) is 0 Å². The van der Waals surface area contributed by atoms with Gasteiger partial charge in [-0.2, -0.15) is 18.2 Å². The number of aromatic nitrogens is 3. The standard InChI is InChI=1S/C24H18F3N5O4/c1-2-36-23-29-21(15-9-11-17(12-10-15)24(25,26)27)31(30-23)19-7-4-6-18(14-19)28-22(33)16-5-3-8-20(13-16)32(34)35/h3-14H,2H2,1H3,(H,28,33). The van der Waals surface area contributed by atoms with Crippen molar-refractivity contribution in [3.05, 3.63) is 94.0 Å². The number of carbonyl (C=O) groups excluding carboxylic acids is 1. The number of nitrogens with one attached hydrogen (secondary N) is 1. The van der Waals surface area contributed by atoms with E-state index in [-0.39, 0.29) is 29.7 Å². The van der Waals surface area contributed by atoms with E-state index in [0.717, 1.165) is 18.2 Å². The second kappa shape index (κ2) is 9.86. The van der Waals surface area contributed by atoms with Crippen LogP contribution in [0, 0.1) is 10.1 Å². The third-order valence-electron chi connectivity index (χ3n) is 5.00. The highest BCUT2D eigenvalue weighted by molar-refractivity contribution is 6.04. The fourth-order valence-corrected chi connectivity index (χ4v) is 3.34. The summed E-state index contributed by atoms with van der Waals surface area (Å²) in [7, 11) is 0. The molecular formula is C24H18F3N5O4. The van der Waals surface area contributed by atoms with Crippen LogP contribution in [0.25, 0.3) is 17.1 Å². The van der Waals surface area contributed by atoms with Gasteiger partial charge in [0.25, 0.3) is 11.6 Å². The molecular weight excluding hydrogens is 479 g/mol. The lowest BCUT2D eigenvalue weighted by Gasteiger charge is -2.10. The van der Waals surface area contributed by atoms with Crippen molar-refractivity contribution in [3.63, 3.8) is 0 Å². The van der Waals surface area contributed by atoms with Gasteiger partial charge in [-0.15, -0.1) is 5.10 Å². The molecule has 1 amide bonds. The van der Waals surface area contributed by atoms with Gasteiger partial charge >= 0.3 is 12.2 Å². The van der Waals surface area contributed by atoms with Gasteiger partial charge in [0.15, 0.2) is 5.82 Å². The minimum absolute atomic E-state index is 0.0263. The van der Waals surface area contributed by atoms with Gasteiger partial charge in [-0.25, -0.2) is 4.68 Å². The van der Waals surface area contributed by atoms with E-state index in [1.165, 1.54) is 35.0 Å². The normalized spacial score (nSPS) is 11.2. The highest BCUT2D eigenvalue weighted by Gasteiger charge is 2.30. The summed E-state index contributed by atoms with van der Waals surface area (Å²) in [5.41, 5.74) is 0.250. The van der Waals surface area contributed by atoms with Crippen LogP contribution in [0.4, 0.5) is 24.5 Å². The summed E-state index contributed by atoms with van der Waals surface area (Å²) in [4.78, 5) is 27.3. The van der Waals surface area contributed by atoms with Crippen LogP contribution in [0.3, 0.4) is 0 Å². The fourth-order valence-electron chi connectivity index (χ4n) is 3.34. The quantitative estimate of drug-likeness (QED) is 0.266. The summed E-state index contributed by atoms with van der Waals surface area (Å²) >= 11 is 0. The Bertz CT molecular complexity index is 1420. The van der Waals surface area contributed by atoms with Crippen molar-refractivity contribution in [2.75, 3.05) is 11.9 Å². The number of alkyl halides is 3. The molecule has 0 bridgehead atoms. The maximum atomic E-state index is 13.0. The first-order valence-corrected chi connectivity index (χ1v) is 10.6. The molecule has 1 N–H and O–H groups in total. The molecule has 0 spiro atoms. The average Bonchev–Trinajstić information content (AvgIpc) is 3.28. The number of nitro groups is 1. The van der Waals surface area contributed by atoms with Crippen LogP contribution < -0.4 is 10.1 Å². The van der Waals surface area contributed by atoms with E-state index < -0.39 is 22.6 Å². The molecule has 0 radical (unpaired) electrons. The Morgan fingerprint density at radius 2 is 1.81 bits per heavy atom. The van der Waals surface area contributed by atoms with E-state index in [2.05, 4.69) is 15.4 Å². The lowest BCUT2D eigenvalue weighted by molar-refractivity contribution is -0.384. The largest absolute Gasteiger partial charge is 0.463 e. The highest BCUT2D eigenvalue weighted by Crippen LogP contribution is 2.32. The number of hydrogen-bond donors (Lipinski definition) is 1. The summed E-state index contributed by atoms with van der Waals surface area (Å²) in [6.45, 7) is 2.01. The van der Waals surface area contributed by atoms with Crippen LogP contribution in [0.1, 0.15) is 22.8 Å². The highest BCUT2D eigenvalue weighted by atomic mass is 19.4. The summed E-state index contributed by atoms with van der Waals surface area (Å²) in [5.74, 6) is -0.332. The Morgan fingerprint density at radius 1 is 1.08 bits per heavy atom. The van der Waals surface area contributed by atoms with Crippen LogP contribution in [-0.2, 0) is 6.18 Å². The van der Waals surface area contributed by atoms with Crippen LogP contribution in [0.5, 0.6) is 6.01 Å². The third-order valence-corrected chi connectivity index (χ3v) is 5.00. The number of non-ortho nitro benzene ring substituents is 1. The summed E-state index contributed by atoms with van der Waals surface area (Å²) in [5, 5.41) is 18.0. The molecule has 4 aromatic rings. The van der Waals surface area contributed by atoms with Crippen molar-refractivity contribution in [3.8, 4) is 23.1 Å². The molecule has 184 valence electrons. The van der Waals surface area contributed by atoms with E-state index in [1.54, 1.807) is 31.2 Å². The van der Waals surface area contributed by atoms with Crippen molar-refractivity contribution < 1.29 is 27.6 Å². The van der Waals surface area contributed by atoms with E-state index in [4.69, 9.17) is 4.74 Å². The maximum absolute atomic E-state index is 13.0. The van der Waals surface area contributed by atoms with E-state index in [1.807, 2.05) is 0 Å². The molecule has 0 aliphatic rings. The minimum Gasteiger partial charge on any atom is -0.463 e. The summed E-state index contributed by atoms with van der Waals surface area (Å²) in [6.07, 6.45) is -4.48. The predicted octanol–water partition coefficient (Wildman–Crippen LogP) is 5.51. The molecule has 36 heavy (non-hydrogen) atoms. The molecule has 0 atom stereocenters. The number of benzene rings is 3. The number of hydrogen-bond acceptors (Lipinski definition) is 6. The van der Waals surface area contributed by atoms with Crippen molar-refractivity contribution in [2.24, 2.45) is 0 Å². The first kappa shape index (κ1) is 24.4. The first-order chi connectivity index (χ1) is 17.2. The number of amides is 1. The fraction of sp³-hybridized carbons (Fsp3) is 0.125. The van der Waals surface area contributed by atoms with Gasteiger partial charge in [-0.1, -0.05) is 24.3 Å². The number of carbonyl (C=O) groups is 1. The van der Waals surface area contributed by atoms with Gasteiger partial charge < -0.3 is 10.1 Å². The van der Waals surface area contributed by atoms with E-state index >= 15 is 0 Å². The minimum atomic E-state index is -4.48. The van der Waals surface area contributed by atoms with Crippen molar-refractivity contribution >= 4 is 17.3 Å². The number of anilines is 1. The lowest BCUT2D eigenvalue weighted by atomic mass is 10.1. The van der Waals surface area contributed by atoms with Crippen LogP contribution in [0.15, 0.2) is 72.8 Å². The predicted molar refractivity (Wildman–Crippen MR) is 124 cm³/mol. The molecule has 0 saturated carbocycles. The number of nitro benzene ring substituents is 1. The molecule has 0 aliphatic carbocycles. The molecule has 4 rings (SSSR count). The van der Waals surface area contributed by atoms with Crippen LogP contribution >= 0.6 is 0 Å². The molecule has 3 aromatic carbocycles. The van der Waals surface area contributed by atoms with Crippen LogP contribution in [-0.4, -0.2) is 32.2 Å². The van der Waals surface area contributed by atoms with Gasteiger partial charge in [-0.05, 0) is 43.3 Å². The zero-order valence-corrected chi connectivity index (χ0v) is 18.7. The molecule has 0 aliphatic heterocycles. The Morgan fingerprint density at radius 3 is 2.47 bits per heavy atom. The average molecular weight is 497 g/mol. The number of rotatable bonds is 7. The number of ether oxygens (including phenoxy) is 1. The SMILES string of the molecule is CCOc1nc(-c2ccc(C(F)(F)F)cc2)n(-c2cccc(NC(=O)c3cccc([N+](=O)[O-])c3)c2)n1. The maximum Gasteiger partial charge on any atom is 0.416 e. The van der Waals surface area contributed by atoms with Gasteiger partial charge in [0.1, 0.15) is 0 Å². The zero-order chi connectivity index (χ0) is 25.9. The Hall–Kier alpha value is -4.74. The number of nitrogens with zero attached hydrogens (tertiary/aromatic N) is 4. The van der Waals surface area contributed by atoms with Crippen molar-refractivity contribution in [1.82, 2.24) is 14.8 Å². The van der Waals surface area contributed by atoms with E-state index in [9.17, 15) is 28.1 Å². The first-order valence-electron chi connectivity index (χ1n) is 10.6. The Kier molecular flexibility index (Phi) is 6.68. The lowest BCUT2D eigenvalue weighted by Crippen LogP contribution is -2.12. The Labute approximate surface area is 202 Å². The molecule has 0 unspecified atom stereocenters. The molecule has 1 aromatic heterocycles. The summed E-state index contributed by atoms with van der Waals surface area (Å²) in [6, 6.07) is 16.3. The molecule has 1 heterocycles. The van der Waals surface area contributed by atoms with Crippen molar-refractivity contribution in [1.29, 1.82) is 0 Å². The topological polar surface area (TPSA) is 112 Å². The monoisotopic (exact) mass is 497 g/mol. The third kappa shape index (κ3) is 5.32. The summed E-state index contributed by atoms with van der Waals surface area (Å²) < 4.78 is 45.7. The second-order valence-corrected chi connectivity index (χ2v) is 7.45. The molecule has 0 fully saturated rings. The molecule has 0 saturated heterocycles. The van der Waals surface area contributed by atoms with Gasteiger partial charge in [0.2, 0.25) is 0 Å². The molecule has 12 heteroatoms. The van der Waals surface area contributed by atoms with Gasteiger partial charge in [-0.3, -0.25) is 14.9 Å².